The molecule has 0 saturated heterocycles. The van der Waals surface area contributed by atoms with Crippen LogP contribution in [0.4, 0.5) is 0 Å². The van der Waals surface area contributed by atoms with Crippen molar-refractivity contribution >= 4 is 51.7 Å². The first kappa shape index (κ1) is 16.8. The molecule has 2 aromatic rings. The molecule has 1 nitrogen and oxygen atoms in total. The molecule has 0 aliphatic carbocycles. The predicted octanol–water partition coefficient (Wildman–Crippen LogP) is 3.41. The molecule has 0 unspecified atom stereocenters. The molecule has 0 heterocycles. The molecule has 21 heavy (non-hydrogen) atoms. The van der Waals surface area contributed by atoms with Crippen LogP contribution < -0.4 is 16.7 Å². The average Bonchev–Trinajstić information content (AvgIpc) is 2.46. The van der Waals surface area contributed by atoms with Crippen LogP contribution in [0.1, 0.15) is 11.1 Å². The summed E-state index contributed by atoms with van der Waals surface area (Å²) in [4.78, 5) is 0. The summed E-state index contributed by atoms with van der Waals surface area (Å²) >= 11 is 14.4. The summed E-state index contributed by atoms with van der Waals surface area (Å²) in [5.41, 5.74) is 10.2. The van der Waals surface area contributed by atoms with Crippen LogP contribution in [0.25, 0.3) is 0 Å². The Hall–Kier alpha value is -0.605. The molecule has 2 aromatic carbocycles. The largest absolute Gasteiger partial charge is 0.330 e. The number of halogens is 2. The van der Waals surface area contributed by atoms with E-state index >= 15 is 0 Å². The Kier molecular flexibility index (Phi) is 6.06. The van der Waals surface area contributed by atoms with E-state index in [0.717, 1.165) is 26.9 Å². The zero-order chi connectivity index (χ0) is 15.4. The summed E-state index contributed by atoms with van der Waals surface area (Å²) in [7, 11) is 0. The maximum Gasteiger partial charge on any atom is 0.274 e. The SMILES string of the molecule is Cc1ccc(B(SCCN)c2ccc(C)c(Cl)c2)cc1Cl. The third-order valence-corrected chi connectivity index (χ3v) is 5.56. The van der Waals surface area contributed by atoms with Gasteiger partial charge in [-0.1, -0.05) is 58.4 Å². The second-order valence-electron chi connectivity index (χ2n) is 5.06. The average molecular weight is 338 g/mol. The van der Waals surface area contributed by atoms with Crippen LogP contribution in [-0.4, -0.2) is 18.3 Å². The number of nitrogens with two attached hydrogens (primary N) is 1. The lowest BCUT2D eigenvalue weighted by Crippen LogP contribution is -2.40. The minimum atomic E-state index is 0.199. The van der Waals surface area contributed by atoms with Crippen molar-refractivity contribution in [3.8, 4) is 0 Å². The number of rotatable bonds is 5. The smallest absolute Gasteiger partial charge is 0.274 e. The molecule has 0 radical (unpaired) electrons. The van der Waals surface area contributed by atoms with Crippen LogP contribution in [0, 0.1) is 13.8 Å². The van der Waals surface area contributed by atoms with Gasteiger partial charge >= 0.3 is 0 Å². The first-order chi connectivity index (χ1) is 10.0. The first-order valence-electron chi connectivity index (χ1n) is 6.86. The Morgan fingerprint density at radius 2 is 1.43 bits per heavy atom. The molecule has 110 valence electrons. The molecule has 0 aromatic heterocycles. The number of hydrogen-bond acceptors (Lipinski definition) is 2. The lowest BCUT2D eigenvalue weighted by molar-refractivity contribution is 1.15. The van der Waals surface area contributed by atoms with E-state index in [9.17, 15) is 0 Å². The molecule has 0 amide bonds. The van der Waals surface area contributed by atoms with Gasteiger partial charge in [-0.15, -0.1) is 0 Å². The highest BCUT2D eigenvalue weighted by molar-refractivity contribution is 8.28. The zero-order valence-electron chi connectivity index (χ0n) is 12.2. The second kappa shape index (κ2) is 7.60. The van der Waals surface area contributed by atoms with Crippen molar-refractivity contribution in [2.75, 3.05) is 12.3 Å². The highest BCUT2D eigenvalue weighted by Gasteiger charge is 2.21. The van der Waals surface area contributed by atoms with Crippen molar-refractivity contribution in [1.82, 2.24) is 0 Å². The van der Waals surface area contributed by atoms with E-state index in [1.165, 1.54) is 10.9 Å². The number of hydrogen-bond donors (Lipinski definition) is 1. The molecule has 5 heteroatoms. The van der Waals surface area contributed by atoms with Crippen molar-refractivity contribution in [2.45, 2.75) is 13.8 Å². The number of aryl methyl sites for hydroxylation is 2. The predicted molar refractivity (Wildman–Crippen MR) is 98.9 cm³/mol. The van der Waals surface area contributed by atoms with Gasteiger partial charge < -0.3 is 5.73 Å². The van der Waals surface area contributed by atoms with Gasteiger partial charge in [0.15, 0.2) is 0 Å². The Balaban J connectivity index is 2.41. The Labute approximate surface area is 141 Å². The van der Waals surface area contributed by atoms with Gasteiger partial charge in [-0.25, -0.2) is 0 Å². The molecule has 0 atom stereocenters. The topological polar surface area (TPSA) is 26.0 Å². The molecular formula is C16H18BCl2NS. The van der Waals surface area contributed by atoms with E-state index < -0.39 is 0 Å². The Morgan fingerprint density at radius 3 is 1.81 bits per heavy atom. The molecule has 0 saturated carbocycles. The van der Waals surface area contributed by atoms with Crippen molar-refractivity contribution in [3.05, 3.63) is 57.6 Å². The van der Waals surface area contributed by atoms with Gasteiger partial charge in [0.1, 0.15) is 0 Å². The van der Waals surface area contributed by atoms with Crippen molar-refractivity contribution in [1.29, 1.82) is 0 Å². The fourth-order valence-corrected chi connectivity index (χ4v) is 3.54. The monoisotopic (exact) mass is 337 g/mol. The van der Waals surface area contributed by atoms with Gasteiger partial charge in [-0.2, -0.15) is 11.6 Å². The van der Waals surface area contributed by atoms with E-state index in [0.29, 0.717) is 6.54 Å². The summed E-state index contributed by atoms with van der Waals surface area (Å²) in [6.07, 6.45) is 0. The summed E-state index contributed by atoms with van der Waals surface area (Å²) < 4.78 is 0. The van der Waals surface area contributed by atoms with Crippen molar-refractivity contribution < 1.29 is 0 Å². The fraction of sp³-hybridized carbons (Fsp3) is 0.250. The van der Waals surface area contributed by atoms with Gasteiger partial charge in [0.25, 0.3) is 5.99 Å². The first-order valence-corrected chi connectivity index (χ1v) is 8.67. The lowest BCUT2D eigenvalue weighted by atomic mass is 9.61. The Bertz CT molecular complexity index is 582. The maximum atomic E-state index is 6.28. The minimum Gasteiger partial charge on any atom is -0.330 e. The molecule has 2 N–H and O–H groups in total. The van der Waals surface area contributed by atoms with E-state index in [4.69, 9.17) is 28.9 Å². The summed E-state index contributed by atoms with van der Waals surface area (Å²) in [6, 6.07) is 12.5. The van der Waals surface area contributed by atoms with E-state index in [2.05, 4.69) is 24.3 Å². The van der Waals surface area contributed by atoms with Crippen LogP contribution >= 0.6 is 34.8 Å². The lowest BCUT2D eigenvalue weighted by Gasteiger charge is -2.16. The maximum absolute atomic E-state index is 6.28. The van der Waals surface area contributed by atoms with Gasteiger partial charge in [-0.3, -0.25) is 0 Å². The molecule has 0 aliphatic heterocycles. The van der Waals surface area contributed by atoms with Gasteiger partial charge in [-0.05, 0) is 42.9 Å². The van der Waals surface area contributed by atoms with Crippen molar-refractivity contribution in [3.63, 3.8) is 0 Å². The standard InChI is InChI=1S/C16H18BCl2NS/c1-11-3-5-13(9-15(11)18)17(21-8-7-20)14-6-4-12(2)16(19)10-14/h3-6,9-10H,7-8,20H2,1-2H3. The third kappa shape index (κ3) is 4.20. The third-order valence-electron chi connectivity index (χ3n) is 3.40. The highest BCUT2D eigenvalue weighted by atomic mass is 35.5. The minimum absolute atomic E-state index is 0.199. The molecule has 2 rings (SSSR count). The fourth-order valence-electron chi connectivity index (χ4n) is 2.12. The highest BCUT2D eigenvalue weighted by Crippen LogP contribution is 2.18. The quantitative estimate of drug-likeness (QED) is 0.846. The summed E-state index contributed by atoms with van der Waals surface area (Å²) in [5, 5.41) is 1.59. The number of benzene rings is 2. The summed E-state index contributed by atoms with van der Waals surface area (Å²) in [5.74, 6) is 1.09. The van der Waals surface area contributed by atoms with E-state index in [1.54, 1.807) is 0 Å². The van der Waals surface area contributed by atoms with E-state index in [-0.39, 0.29) is 5.99 Å². The Morgan fingerprint density at radius 1 is 0.952 bits per heavy atom. The summed E-state index contributed by atoms with van der Waals surface area (Å²) in [6.45, 7) is 4.67. The zero-order valence-corrected chi connectivity index (χ0v) is 14.5. The van der Waals surface area contributed by atoms with Crippen LogP contribution in [0.15, 0.2) is 36.4 Å². The van der Waals surface area contributed by atoms with Gasteiger partial charge in [0.2, 0.25) is 0 Å². The molecular weight excluding hydrogens is 320 g/mol. The van der Waals surface area contributed by atoms with E-state index in [1.807, 2.05) is 37.6 Å². The molecule has 0 bridgehead atoms. The van der Waals surface area contributed by atoms with Gasteiger partial charge in [0, 0.05) is 16.6 Å². The van der Waals surface area contributed by atoms with Gasteiger partial charge in [0.05, 0.1) is 0 Å². The second-order valence-corrected chi connectivity index (χ2v) is 7.08. The van der Waals surface area contributed by atoms with Crippen LogP contribution in [-0.2, 0) is 0 Å². The van der Waals surface area contributed by atoms with Crippen LogP contribution in [0.5, 0.6) is 0 Å². The van der Waals surface area contributed by atoms with Crippen LogP contribution in [0.3, 0.4) is 0 Å². The normalized spacial score (nSPS) is 10.7. The molecule has 0 spiro atoms. The molecule has 0 aliphatic rings. The van der Waals surface area contributed by atoms with Crippen LogP contribution in [0.2, 0.25) is 10.0 Å². The van der Waals surface area contributed by atoms with Crippen molar-refractivity contribution in [2.24, 2.45) is 5.73 Å². The molecule has 0 fully saturated rings.